The van der Waals surface area contributed by atoms with Crippen molar-refractivity contribution < 1.29 is 28.9 Å². The molecule has 0 spiro atoms. The summed E-state index contributed by atoms with van der Waals surface area (Å²) in [4.78, 5) is 21.6. The molecule has 0 rings (SSSR count). The Bertz CT molecular complexity index is 281. The van der Waals surface area contributed by atoms with Crippen LogP contribution < -0.4 is 5.32 Å². The summed E-state index contributed by atoms with van der Waals surface area (Å²) in [6.07, 6.45) is -0.869. The molecule has 0 saturated heterocycles. The first-order valence-electron chi connectivity index (χ1n) is 6.21. The van der Waals surface area contributed by atoms with Crippen LogP contribution >= 0.6 is 0 Å². The fraction of sp³-hybridized carbons (Fsp3) is 0.833. The molecule has 19 heavy (non-hydrogen) atoms. The van der Waals surface area contributed by atoms with Gasteiger partial charge in [-0.15, -0.1) is 0 Å². The Morgan fingerprint density at radius 2 is 1.84 bits per heavy atom. The molecule has 0 saturated carbocycles. The lowest BCUT2D eigenvalue weighted by Crippen LogP contribution is -2.41. The second-order valence-corrected chi connectivity index (χ2v) is 4.12. The summed E-state index contributed by atoms with van der Waals surface area (Å²) in [6.45, 7) is 6.10. The van der Waals surface area contributed by atoms with E-state index in [1.807, 2.05) is 6.92 Å². The van der Waals surface area contributed by atoms with Gasteiger partial charge in [0.25, 0.3) is 0 Å². The Morgan fingerprint density at radius 3 is 2.26 bits per heavy atom. The van der Waals surface area contributed by atoms with Crippen LogP contribution in [0.2, 0.25) is 0 Å². The average Bonchev–Trinajstić information content (AvgIpc) is 2.29. The SMILES string of the molecule is CCC(CO[C@H](COC(C)=O)OC(C)=O)NC(C)O. The molecule has 0 aliphatic heterocycles. The van der Waals surface area contributed by atoms with Gasteiger partial charge in [-0.2, -0.15) is 0 Å². The molecule has 0 aromatic heterocycles. The number of carbonyl (C=O) groups excluding carboxylic acids is 2. The Balaban J connectivity index is 4.21. The summed E-state index contributed by atoms with van der Waals surface area (Å²) in [6, 6.07) is -0.0876. The molecule has 0 aliphatic carbocycles. The number of aliphatic hydroxyl groups is 1. The lowest BCUT2D eigenvalue weighted by molar-refractivity contribution is -0.193. The van der Waals surface area contributed by atoms with E-state index in [2.05, 4.69) is 5.32 Å². The number of rotatable bonds is 9. The minimum absolute atomic E-state index is 0.0876. The van der Waals surface area contributed by atoms with E-state index in [4.69, 9.17) is 14.2 Å². The van der Waals surface area contributed by atoms with Crippen molar-refractivity contribution in [3.05, 3.63) is 0 Å². The normalized spacial score (nSPS) is 15.4. The van der Waals surface area contributed by atoms with Crippen molar-refractivity contribution in [3.63, 3.8) is 0 Å². The van der Waals surface area contributed by atoms with Crippen LogP contribution in [0.3, 0.4) is 0 Å². The molecule has 0 bridgehead atoms. The van der Waals surface area contributed by atoms with Crippen molar-refractivity contribution in [3.8, 4) is 0 Å². The van der Waals surface area contributed by atoms with Gasteiger partial charge >= 0.3 is 11.9 Å². The molecular formula is C12H23NO6. The van der Waals surface area contributed by atoms with Crippen LogP contribution in [0, 0.1) is 0 Å². The molecular weight excluding hydrogens is 254 g/mol. The van der Waals surface area contributed by atoms with Gasteiger partial charge in [0.1, 0.15) is 6.23 Å². The Kier molecular flexibility index (Phi) is 9.11. The van der Waals surface area contributed by atoms with Gasteiger partial charge in [0.05, 0.1) is 6.61 Å². The van der Waals surface area contributed by atoms with Gasteiger partial charge in [-0.05, 0) is 13.3 Å². The lowest BCUT2D eigenvalue weighted by atomic mass is 10.2. The molecule has 0 aromatic rings. The first-order valence-corrected chi connectivity index (χ1v) is 6.21. The minimum Gasteiger partial charge on any atom is -0.459 e. The van der Waals surface area contributed by atoms with Gasteiger partial charge in [-0.1, -0.05) is 6.92 Å². The molecule has 0 radical (unpaired) electrons. The van der Waals surface area contributed by atoms with E-state index in [0.29, 0.717) is 0 Å². The van der Waals surface area contributed by atoms with E-state index < -0.39 is 24.5 Å². The zero-order chi connectivity index (χ0) is 14.8. The van der Waals surface area contributed by atoms with E-state index >= 15 is 0 Å². The highest BCUT2D eigenvalue weighted by Gasteiger charge is 2.17. The zero-order valence-corrected chi connectivity index (χ0v) is 11.8. The van der Waals surface area contributed by atoms with Crippen molar-refractivity contribution in [2.24, 2.45) is 0 Å². The van der Waals surface area contributed by atoms with Gasteiger partial charge in [-0.3, -0.25) is 14.9 Å². The smallest absolute Gasteiger partial charge is 0.305 e. The fourth-order valence-corrected chi connectivity index (χ4v) is 1.34. The van der Waals surface area contributed by atoms with Crippen LogP contribution in [0.15, 0.2) is 0 Å². The molecule has 7 heteroatoms. The van der Waals surface area contributed by atoms with Gasteiger partial charge in [-0.25, -0.2) is 0 Å². The maximum atomic E-state index is 10.9. The topological polar surface area (TPSA) is 94.1 Å². The molecule has 3 atom stereocenters. The van der Waals surface area contributed by atoms with Crippen LogP contribution in [0.25, 0.3) is 0 Å². The number of aliphatic hydroxyl groups excluding tert-OH is 1. The highest BCUT2D eigenvalue weighted by molar-refractivity contribution is 5.66. The number of carbonyl (C=O) groups is 2. The maximum Gasteiger partial charge on any atom is 0.305 e. The fourth-order valence-electron chi connectivity index (χ4n) is 1.34. The van der Waals surface area contributed by atoms with Crippen molar-refractivity contribution in [2.75, 3.05) is 13.2 Å². The molecule has 0 heterocycles. The first kappa shape index (κ1) is 17.8. The zero-order valence-electron chi connectivity index (χ0n) is 11.8. The van der Waals surface area contributed by atoms with Crippen molar-refractivity contribution >= 4 is 11.9 Å². The number of nitrogens with one attached hydrogen (secondary N) is 1. The number of esters is 2. The Hall–Kier alpha value is -1.18. The van der Waals surface area contributed by atoms with E-state index in [0.717, 1.165) is 6.42 Å². The largest absolute Gasteiger partial charge is 0.459 e. The van der Waals surface area contributed by atoms with Gasteiger partial charge in [0.15, 0.2) is 6.61 Å². The molecule has 2 unspecified atom stereocenters. The Labute approximate surface area is 113 Å². The first-order chi connectivity index (χ1) is 8.85. The lowest BCUT2D eigenvalue weighted by Gasteiger charge is -2.23. The Morgan fingerprint density at radius 1 is 1.21 bits per heavy atom. The maximum absolute atomic E-state index is 10.9. The summed E-state index contributed by atoms with van der Waals surface area (Å²) in [5.74, 6) is -0.997. The third kappa shape index (κ3) is 10.4. The molecule has 112 valence electrons. The van der Waals surface area contributed by atoms with E-state index in [-0.39, 0.29) is 19.3 Å². The standard InChI is InChI=1S/C12H23NO6/c1-5-11(13-8(2)14)6-18-12(19-10(4)16)7-17-9(3)15/h8,11-14H,5-7H2,1-4H3/t8?,11?,12-/m0/s1. The summed E-state index contributed by atoms with van der Waals surface area (Å²) in [5, 5.41) is 12.1. The van der Waals surface area contributed by atoms with Crippen molar-refractivity contribution in [1.29, 1.82) is 0 Å². The number of hydrogen-bond donors (Lipinski definition) is 2. The van der Waals surface area contributed by atoms with Crippen LogP contribution in [0.5, 0.6) is 0 Å². The van der Waals surface area contributed by atoms with Crippen LogP contribution in [0.1, 0.15) is 34.1 Å². The van der Waals surface area contributed by atoms with Gasteiger partial charge < -0.3 is 19.3 Å². The van der Waals surface area contributed by atoms with Gasteiger partial charge in [0, 0.05) is 19.9 Å². The van der Waals surface area contributed by atoms with E-state index in [9.17, 15) is 14.7 Å². The highest BCUT2D eigenvalue weighted by Crippen LogP contribution is 2.02. The molecule has 0 aliphatic rings. The summed E-state index contributed by atoms with van der Waals surface area (Å²) < 4.78 is 15.0. The molecule has 7 nitrogen and oxygen atoms in total. The predicted molar refractivity (Wildman–Crippen MR) is 67.0 cm³/mol. The number of hydrogen-bond acceptors (Lipinski definition) is 7. The number of ether oxygens (including phenoxy) is 3. The third-order valence-corrected chi connectivity index (χ3v) is 2.17. The predicted octanol–water partition coefficient (Wildman–Crippen LogP) is 0.162. The molecule has 2 N–H and O–H groups in total. The summed E-state index contributed by atoms with van der Waals surface area (Å²) >= 11 is 0. The average molecular weight is 277 g/mol. The van der Waals surface area contributed by atoms with E-state index in [1.165, 1.54) is 13.8 Å². The second kappa shape index (κ2) is 9.71. The van der Waals surface area contributed by atoms with Crippen molar-refractivity contribution in [2.45, 2.75) is 52.7 Å². The van der Waals surface area contributed by atoms with Gasteiger partial charge in [0.2, 0.25) is 6.29 Å². The summed E-state index contributed by atoms with van der Waals surface area (Å²) in [7, 11) is 0. The monoisotopic (exact) mass is 277 g/mol. The molecule has 0 fully saturated rings. The minimum atomic E-state index is -0.939. The molecule has 0 aromatic carbocycles. The van der Waals surface area contributed by atoms with Crippen LogP contribution in [0.4, 0.5) is 0 Å². The van der Waals surface area contributed by atoms with Crippen molar-refractivity contribution in [1.82, 2.24) is 5.32 Å². The quantitative estimate of drug-likeness (QED) is 0.458. The third-order valence-electron chi connectivity index (χ3n) is 2.17. The van der Waals surface area contributed by atoms with Crippen LogP contribution in [-0.2, 0) is 23.8 Å². The second-order valence-electron chi connectivity index (χ2n) is 4.12. The summed E-state index contributed by atoms with van der Waals surface area (Å²) in [5.41, 5.74) is 0. The molecule has 0 amide bonds. The van der Waals surface area contributed by atoms with E-state index in [1.54, 1.807) is 6.92 Å². The highest BCUT2D eigenvalue weighted by atomic mass is 16.7. The van der Waals surface area contributed by atoms with Crippen LogP contribution in [-0.4, -0.2) is 48.8 Å².